The minimum atomic E-state index is -3.69. The second kappa shape index (κ2) is 8.52. The van der Waals surface area contributed by atoms with Crippen LogP contribution in [0.1, 0.15) is 11.3 Å². The molecule has 160 valence electrons. The number of nitrogens with zero attached hydrogens (tertiary/aromatic N) is 4. The van der Waals surface area contributed by atoms with E-state index >= 15 is 0 Å². The number of oxazole rings is 1. The molecule has 0 atom stereocenters. The Hall–Kier alpha value is -2.57. The number of hydrogen-bond acceptors (Lipinski definition) is 6. The fraction of sp³-hybridized carbons (Fsp3) is 0.238. The highest BCUT2D eigenvalue weighted by atomic mass is 35.5. The Morgan fingerprint density at radius 3 is 2.39 bits per heavy atom. The first-order valence-corrected chi connectivity index (χ1v) is 11.7. The highest BCUT2D eigenvalue weighted by Crippen LogP contribution is 2.33. The lowest BCUT2D eigenvalue weighted by Crippen LogP contribution is -2.48. The van der Waals surface area contributed by atoms with Crippen LogP contribution in [0.4, 0.5) is 5.88 Å². The van der Waals surface area contributed by atoms with Gasteiger partial charge in [-0.1, -0.05) is 41.4 Å². The molecule has 3 aromatic rings. The average molecular weight is 477 g/mol. The topological polar surface area (TPSA) is 90.4 Å². The quantitative estimate of drug-likeness (QED) is 0.556. The van der Waals surface area contributed by atoms with Gasteiger partial charge in [0.2, 0.25) is 27.5 Å². The van der Waals surface area contributed by atoms with E-state index in [1.807, 2.05) is 11.0 Å². The summed E-state index contributed by atoms with van der Waals surface area (Å²) in [5.41, 5.74) is 1.25. The monoisotopic (exact) mass is 476 g/mol. The zero-order valence-electron chi connectivity index (χ0n) is 16.5. The van der Waals surface area contributed by atoms with Crippen molar-refractivity contribution in [3.05, 3.63) is 63.8 Å². The van der Waals surface area contributed by atoms with Crippen LogP contribution < -0.4 is 4.90 Å². The summed E-state index contributed by atoms with van der Waals surface area (Å²) < 4.78 is 33.5. The Bertz CT molecular complexity index is 1280. The molecule has 0 aliphatic carbocycles. The Morgan fingerprint density at radius 1 is 1.03 bits per heavy atom. The number of halogens is 2. The van der Waals surface area contributed by atoms with Crippen LogP contribution in [0.15, 0.2) is 51.8 Å². The lowest BCUT2D eigenvalue weighted by molar-refractivity contribution is 0.374. The first-order valence-electron chi connectivity index (χ1n) is 9.49. The van der Waals surface area contributed by atoms with Gasteiger partial charge in [0.1, 0.15) is 6.07 Å². The Morgan fingerprint density at radius 2 is 1.71 bits per heavy atom. The molecule has 1 aromatic heterocycles. The molecule has 10 heteroatoms. The first kappa shape index (κ1) is 21.7. The molecule has 1 aliphatic rings. The average Bonchev–Trinajstić information content (AvgIpc) is 3.20. The summed E-state index contributed by atoms with van der Waals surface area (Å²) in [7, 11) is -3.69. The first-order chi connectivity index (χ1) is 14.8. The maximum atomic E-state index is 13.1. The van der Waals surface area contributed by atoms with E-state index in [9.17, 15) is 13.7 Å². The molecule has 2 heterocycles. The van der Waals surface area contributed by atoms with E-state index in [1.165, 1.54) is 4.31 Å². The maximum Gasteiger partial charge on any atom is 0.243 e. The lowest BCUT2D eigenvalue weighted by atomic mass is 10.2. The molecule has 1 saturated heterocycles. The van der Waals surface area contributed by atoms with Crippen molar-refractivity contribution in [2.45, 2.75) is 11.8 Å². The number of anilines is 1. The summed E-state index contributed by atoms with van der Waals surface area (Å²) >= 11 is 12.3. The van der Waals surface area contributed by atoms with Crippen LogP contribution in [0.25, 0.3) is 11.5 Å². The molecule has 0 spiro atoms. The molecule has 1 aliphatic heterocycles. The van der Waals surface area contributed by atoms with E-state index < -0.39 is 10.0 Å². The van der Waals surface area contributed by atoms with Crippen LogP contribution in [-0.4, -0.2) is 43.9 Å². The number of aromatic nitrogens is 1. The van der Waals surface area contributed by atoms with Crippen molar-refractivity contribution >= 4 is 39.1 Å². The summed E-state index contributed by atoms with van der Waals surface area (Å²) in [5.74, 6) is 0.565. The number of rotatable bonds is 4. The van der Waals surface area contributed by atoms with Crippen LogP contribution in [0.3, 0.4) is 0 Å². The van der Waals surface area contributed by atoms with Gasteiger partial charge in [0, 0.05) is 31.2 Å². The smallest absolute Gasteiger partial charge is 0.243 e. The van der Waals surface area contributed by atoms with Gasteiger partial charge in [-0.3, -0.25) is 0 Å². The number of sulfonamides is 1. The van der Waals surface area contributed by atoms with Crippen molar-refractivity contribution in [1.29, 1.82) is 5.26 Å². The van der Waals surface area contributed by atoms with Gasteiger partial charge >= 0.3 is 0 Å². The van der Waals surface area contributed by atoms with Crippen LogP contribution in [0.5, 0.6) is 0 Å². The van der Waals surface area contributed by atoms with Crippen LogP contribution in [-0.2, 0) is 10.0 Å². The fourth-order valence-corrected chi connectivity index (χ4v) is 5.60. The number of benzene rings is 2. The second-order valence-corrected chi connectivity index (χ2v) is 9.74. The van der Waals surface area contributed by atoms with Crippen molar-refractivity contribution in [3.63, 3.8) is 0 Å². The molecular formula is C21H18Cl2N4O3S. The molecule has 0 bridgehead atoms. The van der Waals surface area contributed by atoms with E-state index in [1.54, 1.807) is 49.4 Å². The zero-order valence-corrected chi connectivity index (χ0v) is 18.9. The molecule has 0 N–H and O–H groups in total. The Kier molecular flexibility index (Phi) is 5.95. The van der Waals surface area contributed by atoms with E-state index in [0.29, 0.717) is 40.1 Å². The zero-order chi connectivity index (χ0) is 22.2. The summed E-state index contributed by atoms with van der Waals surface area (Å²) in [4.78, 5) is 6.29. The molecule has 0 amide bonds. The molecule has 2 aromatic carbocycles. The number of piperazine rings is 1. The summed E-state index contributed by atoms with van der Waals surface area (Å²) in [5, 5.41) is 10.4. The van der Waals surface area contributed by atoms with Crippen molar-refractivity contribution in [2.75, 3.05) is 31.1 Å². The van der Waals surface area contributed by atoms with Gasteiger partial charge in [0.25, 0.3) is 0 Å². The molecular weight excluding hydrogens is 459 g/mol. The summed E-state index contributed by atoms with van der Waals surface area (Å²) in [6, 6.07) is 14.0. The van der Waals surface area contributed by atoms with Crippen molar-refractivity contribution in [3.8, 4) is 17.5 Å². The van der Waals surface area contributed by atoms with Gasteiger partial charge in [0.05, 0.1) is 15.5 Å². The predicted molar refractivity (Wildman–Crippen MR) is 119 cm³/mol. The third kappa shape index (κ3) is 4.02. The normalized spacial score (nSPS) is 15.1. The van der Waals surface area contributed by atoms with Crippen molar-refractivity contribution in [1.82, 2.24) is 9.29 Å². The third-order valence-corrected chi connectivity index (χ3v) is 7.96. The standard InChI is InChI=1S/C21H18Cl2N4O3S/c1-14-16(22)7-4-8-19(14)31(28,29)27-11-9-26(10-12-27)21-18(13-24)25-20(30-21)15-5-2-3-6-17(15)23/h2-8H,9-12H2,1H3. The van der Waals surface area contributed by atoms with E-state index in [2.05, 4.69) is 4.98 Å². The van der Waals surface area contributed by atoms with Crippen molar-refractivity contribution in [2.24, 2.45) is 0 Å². The third-order valence-electron chi connectivity index (χ3n) is 5.18. The van der Waals surface area contributed by atoms with Gasteiger partial charge in [-0.15, -0.1) is 0 Å². The molecule has 0 unspecified atom stereocenters. The highest BCUT2D eigenvalue weighted by molar-refractivity contribution is 7.89. The molecule has 0 saturated carbocycles. The largest absolute Gasteiger partial charge is 0.419 e. The van der Waals surface area contributed by atoms with E-state index in [0.717, 1.165) is 0 Å². The number of nitriles is 1. The van der Waals surface area contributed by atoms with Crippen LogP contribution in [0, 0.1) is 18.3 Å². The Labute approximate surface area is 190 Å². The second-order valence-electron chi connectivity index (χ2n) is 7.02. The number of hydrogen-bond donors (Lipinski definition) is 0. The van der Waals surface area contributed by atoms with Gasteiger partial charge < -0.3 is 9.32 Å². The Balaban J connectivity index is 1.56. The minimum Gasteiger partial charge on any atom is -0.419 e. The van der Waals surface area contributed by atoms with E-state index in [4.69, 9.17) is 27.6 Å². The SMILES string of the molecule is Cc1c(Cl)cccc1S(=O)(=O)N1CCN(c2oc(-c3ccccc3Cl)nc2C#N)CC1. The molecule has 31 heavy (non-hydrogen) atoms. The maximum absolute atomic E-state index is 13.1. The predicted octanol–water partition coefficient (Wildman–Crippen LogP) is 4.34. The van der Waals surface area contributed by atoms with E-state index in [-0.39, 0.29) is 29.6 Å². The summed E-state index contributed by atoms with van der Waals surface area (Å²) in [6.45, 7) is 2.87. The van der Waals surface area contributed by atoms with Crippen LogP contribution in [0.2, 0.25) is 10.0 Å². The molecule has 0 radical (unpaired) electrons. The lowest BCUT2D eigenvalue weighted by Gasteiger charge is -2.34. The molecule has 1 fully saturated rings. The summed E-state index contributed by atoms with van der Waals surface area (Å²) in [6.07, 6.45) is 0. The fourth-order valence-electron chi connectivity index (χ4n) is 3.49. The highest BCUT2D eigenvalue weighted by Gasteiger charge is 2.32. The molecule has 4 rings (SSSR count). The minimum absolute atomic E-state index is 0.136. The van der Waals surface area contributed by atoms with Gasteiger partial charge in [0.15, 0.2) is 0 Å². The van der Waals surface area contributed by atoms with Gasteiger partial charge in [-0.05, 0) is 36.8 Å². The van der Waals surface area contributed by atoms with Gasteiger partial charge in [-0.25, -0.2) is 8.42 Å². The van der Waals surface area contributed by atoms with Crippen molar-refractivity contribution < 1.29 is 12.8 Å². The van der Waals surface area contributed by atoms with Gasteiger partial charge in [-0.2, -0.15) is 14.6 Å². The molecule has 7 nitrogen and oxygen atoms in total. The van der Waals surface area contributed by atoms with Crippen LogP contribution >= 0.6 is 23.2 Å².